The molecule has 8 N–H and O–H groups in total. The number of aliphatic hydroxyl groups is 1. The summed E-state index contributed by atoms with van der Waals surface area (Å²) in [6, 6.07) is -1.53. The predicted octanol–water partition coefficient (Wildman–Crippen LogP) is 1.63. The number of amides is 6. The monoisotopic (exact) mass is 855 g/mol. The molecule has 2 aromatic carbocycles. The molecule has 3 rings (SSSR count). The van der Waals surface area contributed by atoms with Gasteiger partial charge in [-0.15, -0.1) is 0 Å². The second kappa shape index (κ2) is 22.3. The third kappa shape index (κ3) is 13.3. The van der Waals surface area contributed by atoms with E-state index in [2.05, 4.69) is 35.1 Å². The summed E-state index contributed by atoms with van der Waals surface area (Å²) in [7, 11) is 2.58. The van der Waals surface area contributed by atoms with Crippen molar-refractivity contribution in [1.82, 2.24) is 31.1 Å². The minimum atomic E-state index is -1.65. The Morgan fingerprint density at radius 2 is 1.56 bits per heavy atom. The summed E-state index contributed by atoms with van der Waals surface area (Å²) in [6.07, 6.45) is 5.46. The van der Waals surface area contributed by atoms with Gasteiger partial charge in [-0.3, -0.25) is 38.9 Å². The van der Waals surface area contributed by atoms with Crippen LogP contribution in [0.2, 0.25) is 0 Å². The van der Waals surface area contributed by atoms with E-state index in [1.807, 2.05) is 0 Å². The number of rotatable bonds is 18. The third-order valence-electron chi connectivity index (χ3n) is 10.5. The largest absolute Gasteiger partial charge is 0.507 e. The predicted molar refractivity (Wildman–Crippen MR) is 220 cm³/mol. The van der Waals surface area contributed by atoms with E-state index in [0.29, 0.717) is 12.3 Å². The number of aliphatic carboxylic acids is 1. The van der Waals surface area contributed by atoms with E-state index in [1.165, 1.54) is 46.1 Å². The number of hydrogen-bond donors (Lipinski definition) is 8. The van der Waals surface area contributed by atoms with Crippen LogP contribution in [-0.4, -0.2) is 128 Å². The maximum absolute atomic E-state index is 13.9. The highest BCUT2D eigenvalue weighted by atomic mass is 16.6. The van der Waals surface area contributed by atoms with Crippen LogP contribution < -0.4 is 21.3 Å². The lowest BCUT2D eigenvalue weighted by Gasteiger charge is -2.30. The van der Waals surface area contributed by atoms with Crippen LogP contribution in [0.15, 0.2) is 30.3 Å². The number of phenols is 2. The van der Waals surface area contributed by atoms with Gasteiger partial charge in [0.2, 0.25) is 41.2 Å². The van der Waals surface area contributed by atoms with Crippen LogP contribution >= 0.6 is 0 Å². The zero-order valence-electron chi connectivity index (χ0n) is 35.2. The lowest BCUT2D eigenvalue weighted by Crippen LogP contribution is -2.55. The number of nitrogens with zero attached hydrogens (tertiary/aromatic N) is 3. The summed E-state index contributed by atoms with van der Waals surface area (Å²) in [5.74, 6) is -7.07. The summed E-state index contributed by atoms with van der Waals surface area (Å²) < 4.78 is 0. The number of carboxylic acids is 1. The number of aromatic hydroxyl groups is 2. The van der Waals surface area contributed by atoms with E-state index in [1.54, 1.807) is 0 Å². The average molecular weight is 856 g/mol. The van der Waals surface area contributed by atoms with Crippen LogP contribution in [0.4, 0.5) is 5.69 Å². The molecule has 61 heavy (non-hydrogen) atoms. The number of carbonyl (C=O) groups is 7. The van der Waals surface area contributed by atoms with E-state index < -0.39 is 107 Å². The number of phenolic OH excluding ortho intramolecular Hbond substituents is 2. The Kier molecular flexibility index (Phi) is 18.0. The minimum absolute atomic E-state index is 0.00303. The molecule has 0 spiro atoms. The van der Waals surface area contributed by atoms with Gasteiger partial charge < -0.3 is 51.5 Å². The van der Waals surface area contributed by atoms with Gasteiger partial charge in [0.05, 0.1) is 18.1 Å². The molecule has 0 aromatic heterocycles. The fourth-order valence-corrected chi connectivity index (χ4v) is 6.77. The van der Waals surface area contributed by atoms with Crippen molar-refractivity contribution < 1.29 is 58.9 Å². The molecule has 4 bridgehead atoms. The second-order valence-corrected chi connectivity index (χ2v) is 15.6. The van der Waals surface area contributed by atoms with Crippen molar-refractivity contribution in [3.63, 3.8) is 0 Å². The van der Waals surface area contributed by atoms with E-state index in [9.17, 15) is 64.1 Å². The van der Waals surface area contributed by atoms with Crippen LogP contribution in [0.5, 0.6) is 11.5 Å². The molecule has 0 aliphatic carbocycles. The maximum Gasteiger partial charge on any atom is 0.326 e. The molecule has 5 atom stereocenters. The quantitative estimate of drug-likeness (QED) is 0.0602. The molecule has 20 heteroatoms. The first-order valence-electron chi connectivity index (χ1n) is 20.1. The highest BCUT2D eigenvalue weighted by molar-refractivity contribution is 5.96. The van der Waals surface area contributed by atoms with Crippen molar-refractivity contribution in [3.05, 3.63) is 51.6 Å². The van der Waals surface area contributed by atoms with Crippen LogP contribution in [0.3, 0.4) is 0 Å². The standard InChI is InChI=1S/C41H57N7O13/c1-22(2)12-10-8-7-9-11-13-33(51)46(5)31(21-49)39(56)43-23(3)37(54)42-20-34(52)47(6)35-26-14-15-32(50)27(19-26)28-16-25(18-30(36(28)53)48(60)61)17-29(41(58)59)45-38(55)24(4)44-40(35)57/h14-16,18-19,22-24,29,31,35,49-50,53H,7-13,17,20-21H2,1-6H3,(H,42,54)(H,43,56)(H,44,57)(H,45,55)(H,58,59)/t23-,24+,29+,31-,35+/m1/s1. The zero-order chi connectivity index (χ0) is 45.7. The van der Waals surface area contributed by atoms with Crippen LogP contribution in [-0.2, 0) is 40.0 Å². The maximum atomic E-state index is 13.9. The van der Waals surface area contributed by atoms with Gasteiger partial charge in [0, 0.05) is 44.1 Å². The van der Waals surface area contributed by atoms with Crippen molar-refractivity contribution in [2.75, 3.05) is 27.2 Å². The number of carbonyl (C=O) groups excluding carboxylic acids is 6. The van der Waals surface area contributed by atoms with E-state index in [4.69, 9.17) is 0 Å². The molecule has 0 saturated carbocycles. The average Bonchev–Trinajstić information content (AvgIpc) is 3.19. The van der Waals surface area contributed by atoms with Crippen LogP contribution in [0.1, 0.15) is 89.8 Å². The number of carboxylic acid groups (broad SMARTS) is 1. The Bertz CT molecular complexity index is 1970. The van der Waals surface area contributed by atoms with Crippen molar-refractivity contribution in [2.45, 2.75) is 109 Å². The number of nitrogens with one attached hydrogen (secondary N) is 4. The number of hydrogen-bond acceptors (Lipinski definition) is 12. The first-order valence-corrected chi connectivity index (χ1v) is 20.1. The van der Waals surface area contributed by atoms with Crippen molar-refractivity contribution in [2.24, 2.45) is 5.92 Å². The molecule has 0 unspecified atom stereocenters. The summed E-state index contributed by atoms with van der Waals surface area (Å²) in [6.45, 7) is 5.46. The van der Waals surface area contributed by atoms with E-state index in [0.717, 1.165) is 54.0 Å². The smallest absolute Gasteiger partial charge is 0.326 e. The number of nitro groups is 1. The fraction of sp³-hybridized carbons (Fsp3) is 0.537. The van der Waals surface area contributed by atoms with Gasteiger partial charge in [0.25, 0.3) is 0 Å². The fourth-order valence-electron chi connectivity index (χ4n) is 6.77. The highest BCUT2D eigenvalue weighted by Crippen LogP contribution is 2.43. The summed E-state index contributed by atoms with van der Waals surface area (Å²) in [5, 5.41) is 63.1. The van der Waals surface area contributed by atoms with Crippen molar-refractivity contribution in [1.29, 1.82) is 0 Å². The molecule has 2 aromatic rings. The summed E-state index contributed by atoms with van der Waals surface area (Å²) >= 11 is 0. The Morgan fingerprint density at radius 3 is 2.18 bits per heavy atom. The number of nitro benzene ring substituents is 1. The lowest BCUT2D eigenvalue weighted by atomic mass is 9.93. The Hall–Kier alpha value is -6.31. The van der Waals surface area contributed by atoms with Crippen LogP contribution in [0.25, 0.3) is 11.1 Å². The van der Waals surface area contributed by atoms with E-state index >= 15 is 0 Å². The van der Waals surface area contributed by atoms with Gasteiger partial charge >= 0.3 is 11.7 Å². The van der Waals surface area contributed by atoms with E-state index in [-0.39, 0.29) is 34.6 Å². The van der Waals surface area contributed by atoms with Crippen LogP contribution in [0, 0.1) is 16.0 Å². The van der Waals surface area contributed by atoms with Gasteiger partial charge in [0.1, 0.15) is 36.0 Å². The molecule has 1 aliphatic heterocycles. The molecular weight excluding hydrogens is 798 g/mol. The lowest BCUT2D eigenvalue weighted by molar-refractivity contribution is -0.385. The van der Waals surface area contributed by atoms with Gasteiger partial charge in [0.15, 0.2) is 0 Å². The second-order valence-electron chi connectivity index (χ2n) is 15.6. The first kappa shape index (κ1) is 49.1. The number of fused-ring (bicyclic) bond motifs is 5. The van der Waals surface area contributed by atoms with Crippen molar-refractivity contribution in [3.8, 4) is 22.6 Å². The van der Waals surface area contributed by atoms with Gasteiger partial charge in [-0.2, -0.15) is 0 Å². The minimum Gasteiger partial charge on any atom is -0.507 e. The molecule has 0 radical (unpaired) electrons. The Balaban J connectivity index is 1.80. The number of aliphatic hydroxyl groups excluding tert-OH is 1. The topological polar surface area (TPSA) is 298 Å². The van der Waals surface area contributed by atoms with Gasteiger partial charge in [-0.05, 0) is 55.5 Å². The van der Waals surface area contributed by atoms with Crippen molar-refractivity contribution >= 4 is 47.1 Å². The molecular formula is C41H57N7O13. The molecule has 0 fully saturated rings. The molecule has 334 valence electrons. The first-order chi connectivity index (χ1) is 28.7. The number of benzene rings is 2. The number of likely N-dealkylation sites (N-methyl/N-ethyl adjacent to an activating group) is 2. The Labute approximate surface area is 353 Å². The zero-order valence-corrected chi connectivity index (χ0v) is 35.2. The molecule has 20 nitrogen and oxygen atoms in total. The van der Waals surface area contributed by atoms with Gasteiger partial charge in [-0.1, -0.05) is 52.0 Å². The summed E-state index contributed by atoms with van der Waals surface area (Å²) in [4.78, 5) is 105. The van der Waals surface area contributed by atoms with Gasteiger partial charge in [-0.25, -0.2) is 4.79 Å². The molecule has 1 heterocycles. The SMILES string of the molecule is CC(C)CCCCCCCC(=O)N(C)[C@H](CO)C(=O)N[C@H](C)C(=O)NCC(=O)N(C)[C@@H]1C(=O)N[C@@H](C)C(=O)N[C@H](C(=O)O)Cc2cc(c(O)c([N+](=O)[O-])c2)-c2cc1ccc2O. The molecule has 0 saturated heterocycles. The normalized spacial score (nSPS) is 17.5. The Morgan fingerprint density at radius 1 is 0.902 bits per heavy atom. The highest BCUT2D eigenvalue weighted by Gasteiger charge is 2.35. The molecule has 6 amide bonds. The number of unbranched alkanes of at least 4 members (excludes halogenated alkanes) is 4. The summed E-state index contributed by atoms with van der Waals surface area (Å²) in [5.41, 5.74) is -1.39. The third-order valence-corrected chi connectivity index (χ3v) is 10.5. The molecule has 1 aliphatic rings.